The number of rotatable bonds is 4. The van der Waals surface area contributed by atoms with Crippen molar-refractivity contribution in [3.63, 3.8) is 0 Å². The molecule has 0 saturated heterocycles. The summed E-state index contributed by atoms with van der Waals surface area (Å²) in [6, 6.07) is 16.2. The minimum absolute atomic E-state index is 0.0436. The van der Waals surface area contributed by atoms with Crippen molar-refractivity contribution in [2.75, 3.05) is 13.6 Å². The van der Waals surface area contributed by atoms with Crippen LogP contribution in [0.25, 0.3) is 10.9 Å². The normalized spacial score (nSPS) is 15.5. The van der Waals surface area contributed by atoms with E-state index in [-0.39, 0.29) is 11.3 Å². The van der Waals surface area contributed by atoms with Crippen molar-refractivity contribution in [2.24, 2.45) is 0 Å². The fourth-order valence-electron chi connectivity index (χ4n) is 3.36. The number of carbonyl (C=O) groups is 1. The number of para-hydroxylation sites is 1. The number of aromatic nitrogens is 2. The maximum absolute atomic E-state index is 12.9. The summed E-state index contributed by atoms with van der Waals surface area (Å²) in [5.74, 6) is 0.0436. The summed E-state index contributed by atoms with van der Waals surface area (Å²) in [4.78, 5) is 14.7. The molecule has 0 unspecified atom stereocenters. The van der Waals surface area contributed by atoms with Crippen molar-refractivity contribution in [2.45, 2.75) is 18.3 Å². The van der Waals surface area contributed by atoms with E-state index >= 15 is 0 Å². The highest BCUT2D eigenvalue weighted by Gasteiger charge is 2.45. The molecule has 116 valence electrons. The van der Waals surface area contributed by atoms with Gasteiger partial charge in [0.15, 0.2) is 0 Å². The molecule has 0 bridgehead atoms. The van der Waals surface area contributed by atoms with Crippen molar-refractivity contribution in [3.05, 3.63) is 65.9 Å². The number of hydrogen-bond donors (Lipinski definition) is 1. The van der Waals surface area contributed by atoms with Crippen LogP contribution in [0.5, 0.6) is 0 Å². The smallest absolute Gasteiger partial charge is 0.255 e. The lowest BCUT2D eigenvalue weighted by atomic mass is 9.95. The Hall–Kier alpha value is -2.62. The molecule has 4 heteroatoms. The Morgan fingerprint density at radius 2 is 1.96 bits per heavy atom. The Kier molecular flexibility index (Phi) is 3.18. The maximum Gasteiger partial charge on any atom is 0.255 e. The lowest BCUT2D eigenvalue weighted by molar-refractivity contribution is 0.0783. The quantitative estimate of drug-likeness (QED) is 0.803. The fraction of sp³-hybridized carbons (Fsp3) is 0.263. The van der Waals surface area contributed by atoms with E-state index in [0.717, 1.165) is 30.3 Å². The summed E-state index contributed by atoms with van der Waals surface area (Å²) in [6.45, 7) is 0.750. The molecule has 1 heterocycles. The van der Waals surface area contributed by atoms with Crippen LogP contribution in [0.15, 0.2) is 54.7 Å². The molecule has 1 N–H and O–H groups in total. The zero-order chi connectivity index (χ0) is 15.9. The number of nitrogens with zero attached hydrogens (tertiary/aromatic N) is 2. The van der Waals surface area contributed by atoms with Crippen molar-refractivity contribution in [3.8, 4) is 0 Å². The van der Waals surface area contributed by atoms with Crippen LogP contribution < -0.4 is 0 Å². The third-order valence-corrected chi connectivity index (χ3v) is 4.83. The van der Waals surface area contributed by atoms with Gasteiger partial charge in [0.2, 0.25) is 0 Å². The fourth-order valence-corrected chi connectivity index (χ4v) is 3.36. The maximum atomic E-state index is 12.9. The number of benzene rings is 2. The number of carbonyl (C=O) groups excluding carboxylic acids is 1. The topological polar surface area (TPSA) is 49.0 Å². The van der Waals surface area contributed by atoms with Gasteiger partial charge in [0.1, 0.15) is 0 Å². The molecule has 0 spiro atoms. The first kappa shape index (κ1) is 14.0. The first-order valence-corrected chi connectivity index (χ1v) is 7.93. The van der Waals surface area contributed by atoms with E-state index in [2.05, 4.69) is 34.5 Å². The minimum atomic E-state index is 0.0436. The molecule has 1 amide bonds. The van der Waals surface area contributed by atoms with E-state index in [1.54, 1.807) is 6.20 Å². The number of nitrogens with one attached hydrogen (secondary N) is 1. The van der Waals surface area contributed by atoms with Gasteiger partial charge in [-0.15, -0.1) is 0 Å². The Morgan fingerprint density at radius 1 is 1.17 bits per heavy atom. The Balaban J connectivity index is 1.59. The van der Waals surface area contributed by atoms with Gasteiger partial charge in [-0.2, -0.15) is 5.10 Å². The molecule has 2 aromatic carbocycles. The van der Waals surface area contributed by atoms with Gasteiger partial charge in [-0.05, 0) is 24.5 Å². The predicted molar refractivity (Wildman–Crippen MR) is 90.4 cm³/mol. The molecule has 1 aliphatic carbocycles. The van der Waals surface area contributed by atoms with Crippen LogP contribution >= 0.6 is 0 Å². The first-order chi connectivity index (χ1) is 11.2. The minimum Gasteiger partial charge on any atom is -0.341 e. The van der Waals surface area contributed by atoms with Crippen LogP contribution in [-0.4, -0.2) is 34.6 Å². The number of aromatic amines is 1. The molecule has 1 saturated carbocycles. The van der Waals surface area contributed by atoms with Crippen LogP contribution in [0.3, 0.4) is 0 Å². The van der Waals surface area contributed by atoms with Gasteiger partial charge in [-0.25, -0.2) is 0 Å². The van der Waals surface area contributed by atoms with E-state index in [1.807, 2.05) is 36.2 Å². The van der Waals surface area contributed by atoms with Crippen molar-refractivity contribution < 1.29 is 4.79 Å². The Bertz CT molecular complexity index is 849. The van der Waals surface area contributed by atoms with E-state index in [1.165, 1.54) is 5.56 Å². The molecule has 3 aromatic rings. The number of H-pyrrole nitrogens is 1. The summed E-state index contributed by atoms with van der Waals surface area (Å²) >= 11 is 0. The average molecular weight is 305 g/mol. The molecule has 0 atom stereocenters. The second-order valence-corrected chi connectivity index (χ2v) is 6.45. The number of amides is 1. The largest absolute Gasteiger partial charge is 0.341 e. The second-order valence-electron chi connectivity index (χ2n) is 6.45. The summed E-state index contributed by atoms with van der Waals surface area (Å²) < 4.78 is 0. The first-order valence-electron chi connectivity index (χ1n) is 7.93. The van der Waals surface area contributed by atoms with E-state index in [0.29, 0.717) is 5.56 Å². The van der Waals surface area contributed by atoms with Gasteiger partial charge in [0.05, 0.1) is 17.3 Å². The van der Waals surface area contributed by atoms with E-state index in [4.69, 9.17) is 0 Å². The Labute approximate surface area is 135 Å². The average Bonchev–Trinajstić information content (AvgIpc) is 3.20. The number of hydrogen-bond acceptors (Lipinski definition) is 2. The molecule has 0 radical (unpaired) electrons. The van der Waals surface area contributed by atoms with Crippen molar-refractivity contribution >= 4 is 16.8 Å². The summed E-state index contributed by atoms with van der Waals surface area (Å²) in [7, 11) is 1.89. The van der Waals surface area contributed by atoms with E-state index < -0.39 is 0 Å². The summed E-state index contributed by atoms with van der Waals surface area (Å²) in [5, 5.41) is 7.95. The zero-order valence-corrected chi connectivity index (χ0v) is 13.1. The molecule has 4 nitrogen and oxygen atoms in total. The molecule has 1 aliphatic rings. The highest BCUT2D eigenvalue weighted by Crippen LogP contribution is 2.48. The monoisotopic (exact) mass is 305 g/mol. The molecule has 4 rings (SSSR count). The van der Waals surface area contributed by atoms with Crippen LogP contribution in [-0.2, 0) is 5.41 Å². The highest BCUT2D eigenvalue weighted by molar-refractivity contribution is 6.05. The molecule has 0 aliphatic heterocycles. The SMILES string of the molecule is CN(CC1(c2ccccc2)CC1)C(=O)c1cccc2cn[nH]c12. The molecular weight excluding hydrogens is 286 g/mol. The zero-order valence-electron chi connectivity index (χ0n) is 13.1. The van der Waals surface area contributed by atoms with Crippen molar-refractivity contribution in [1.29, 1.82) is 0 Å². The molecule has 1 aromatic heterocycles. The molecule has 1 fully saturated rings. The van der Waals surface area contributed by atoms with Gasteiger partial charge in [0, 0.05) is 24.4 Å². The van der Waals surface area contributed by atoms with Crippen molar-refractivity contribution in [1.82, 2.24) is 15.1 Å². The number of likely N-dealkylation sites (N-methyl/N-ethyl adjacent to an activating group) is 1. The van der Waals surface area contributed by atoms with Crippen LogP contribution in [0, 0.1) is 0 Å². The summed E-state index contributed by atoms with van der Waals surface area (Å²) in [5.41, 5.74) is 2.97. The number of fused-ring (bicyclic) bond motifs is 1. The van der Waals surface area contributed by atoms with Gasteiger partial charge in [-0.3, -0.25) is 9.89 Å². The van der Waals surface area contributed by atoms with E-state index in [9.17, 15) is 4.79 Å². The van der Waals surface area contributed by atoms with Crippen LogP contribution in [0.2, 0.25) is 0 Å². The standard InChI is InChI=1S/C19H19N3O/c1-22(13-19(10-11-19)15-7-3-2-4-8-15)18(23)16-9-5-6-14-12-20-21-17(14)16/h2-9,12H,10-11,13H2,1H3,(H,20,21). The third kappa shape index (κ3) is 2.40. The predicted octanol–water partition coefficient (Wildman–Crippen LogP) is 3.37. The molecular formula is C19H19N3O. The van der Waals surface area contributed by atoms with Gasteiger partial charge in [-0.1, -0.05) is 42.5 Å². The third-order valence-electron chi connectivity index (χ3n) is 4.83. The lowest BCUT2D eigenvalue weighted by Crippen LogP contribution is -2.34. The van der Waals surface area contributed by atoms with Gasteiger partial charge in [0.25, 0.3) is 5.91 Å². The van der Waals surface area contributed by atoms with Gasteiger partial charge < -0.3 is 4.90 Å². The second kappa shape index (κ2) is 5.23. The highest BCUT2D eigenvalue weighted by atomic mass is 16.2. The lowest BCUT2D eigenvalue weighted by Gasteiger charge is -2.24. The van der Waals surface area contributed by atoms with Crippen LogP contribution in [0.4, 0.5) is 0 Å². The van der Waals surface area contributed by atoms with Gasteiger partial charge >= 0.3 is 0 Å². The Morgan fingerprint density at radius 3 is 2.70 bits per heavy atom. The molecule has 23 heavy (non-hydrogen) atoms. The summed E-state index contributed by atoms with van der Waals surface area (Å²) in [6.07, 6.45) is 4.03. The van der Waals surface area contributed by atoms with Crippen LogP contribution in [0.1, 0.15) is 28.8 Å².